The minimum atomic E-state index is -0.719. The van der Waals surface area contributed by atoms with Crippen molar-refractivity contribution in [2.45, 2.75) is 71.9 Å². The van der Waals surface area contributed by atoms with Crippen LogP contribution < -0.4 is 0 Å². The molecule has 1 aliphatic heterocycles. The van der Waals surface area contributed by atoms with Crippen LogP contribution >= 0.6 is 0 Å². The fourth-order valence-corrected chi connectivity index (χ4v) is 3.43. The molecule has 0 N–H and O–H groups in total. The summed E-state index contributed by atoms with van der Waals surface area (Å²) in [6, 6.07) is 9.93. The number of benzene rings is 1. The second-order valence-corrected chi connectivity index (χ2v) is 8.17. The van der Waals surface area contributed by atoms with Crippen molar-refractivity contribution < 1.29 is 14.3 Å². The van der Waals surface area contributed by atoms with Crippen LogP contribution in [0.5, 0.6) is 0 Å². The Morgan fingerprint density at radius 3 is 2.48 bits per heavy atom. The maximum Gasteiger partial charge on any atom is 0.314 e. The summed E-state index contributed by atoms with van der Waals surface area (Å²) in [5.74, 6) is -0.192. The molecule has 1 aromatic rings. The number of likely N-dealkylation sites (tertiary alicyclic amines) is 1. The van der Waals surface area contributed by atoms with Crippen molar-refractivity contribution in [2.24, 2.45) is 5.41 Å². The van der Waals surface area contributed by atoms with Crippen molar-refractivity contribution >= 4 is 11.9 Å². The minimum absolute atomic E-state index is 0.0401. The molecule has 0 aliphatic carbocycles. The number of hydrogen-bond donors (Lipinski definition) is 0. The van der Waals surface area contributed by atoms with Crippen LogP contribution in [-0.2, 0) is 14.3 Å². The number of esters is 1. The van der Waals surface area contributed by atoms with Crippen molar-refractivity contribution in [3.63, 3.8) is 0 Å². The fourth-order valence-electron chi connectivity index (χ4n) is 3.43. The van der Waals surface area contributed by atoms with E-state index in [-0.39, 0.29) is 24.3 Å². The first-order valence-corrected chi connectivity index (χ1v) is 9.26. The summed E-state index contributed by atoms with van der Waals surface area (Å²) in [7, 11) is 0. The normalized spacial score (nSPS) is 22.1. The Kier molecular flexibility index (Phi) is 5.91. The quantitative estimate of drug-likeness (QED) is 0.713. The summed E-state index contributed by atoms with van der Waals surface area (Å²) < 4.78 is 5.69. The highest BCUT2D eigenvalue weighted by Crippen LogP contribution is 2.42. The Morgan fingerprint density at radius 1 is 1.28 bits per heavy atom. The third-order valence-corrected chi connectivity index (χ3v) is 4.87. The number of carbonyl (C=O) groups excluding carboxylic acids is 2. The van der Waals surface area contributed by atoms with Crippen molar-refractivity contribution in [1.29, 1.82) is 0 Å². The third-order valence-electron chi connectivity index (χ3n) is 4.87. The summed E-state index contributed by atoms with van der Waals surface area (Å²) in [6.45, 7) is 10.2. The highest BCUT2D eigenvalue weighted by molar-refractivity contribution is 5.90. The van der Waals surface area contributed by atoms with E-state index in [9.17, 15) is 9.59 Å². The van der Waals surface area contributed by atoms with E-state index >= 15 is 0 Å². The van der Waals surface area contributed by atoms with Crippen LogP contribution in [-0.4, -0.2) is 28.9 Å². The molecule has 4 nitrogen and oxygen atoms in total. The lowest BCUT2D eigenvalue weighted by molar-refractivity contribution is -0.167. The molecule has 1 aliphatic rings. The van der Waals surface area contributed by atoms with Gasteiger partial charge in [-0.1, -0.05) is 50.1 Å². The van der Waals surface area contributed by atoms with Crippen LogP contribution in [0.4, 0.5) is 0 Å². The number of carbonyl (C=O) groups is 2. The maximum absolute atomic E-state index is 12.9. The van der Waals surface area contributed by atoms with E-state index in [1.54, 1.807) is 0 Å². The van der Waals surface area contributed by atoms with Crippen molar-refractivity contribution in [1.82, 2.24) is 4.90 Å². The molecule has 0 aromatic heterocycles. The largest absolute Gasteiger partial charge is 0.459 e. The molecule has 0 unspecified atom stereocenters. The summed E-state index contributed by atoms with van der Waals surface area (Å²) in [4.78, 5) is 27.5. The van der Waals surface area contributed by atoms with Crippen LogP contribution in [0.2, 0.25) is 0 Å². The zero-order chi connectivity index (χ0) is 18.7. The second-order valence-electron chi connectivity index (χ2n) is 8.17. The van der Waals surface area contributed by atoms with Gasteiger partial charge in [-0.2, -0.15) is 0 Å². The van der Waals surface area contributed by atoms with Gasteiger partial charge in [0.15, 0.2) is 0 Å². The average molecular weight is 345 g/mol. The van der Waals surface area contributed by atoms with Crippen LogP contribution in [0.1, 0.15) is 71.9 Å². The first-order valence-electron chi connectivity index (χ1n) is 9.26. The lowest BCUT2D eigenvalue weighted by atomic mass is 9.81. The van der Waals surface area contributed by atoms with Gasteiger partial charge < -0.3 is 9.64 Å². The average Bonchev–Trinajstić information content (AvgIpc) is 2.89. The molecule has 1 aromatic carbocycles. The smallest absolute Gasteiger partial charge is 0.314 e. The van der Waals surface area contributed by atoms with Crippen molar-refractivity contribution in [2.75, 3.05) is 6.54 Å². The molecule has 0 spiro atoms. The van der Waals surface area contributed by atoms with Gasteiger partial charge in [0, 0.05) is 13.0 Å². The SMILES string of the molecule is CCCC[C@]1(C(=O)OC(C)(C)C)CC(=O)N([C@H](C)c2ccccc2)C1. The molecule has 2 rings (SSSR count). The predicted molar refractivity (Wildman–Crippen MR) is 99.0 cm³/mol. The lowest BCUT2D eigenvalue weighted by Crippen LogP contribution is -2.40. The molecule has 2 atom stereocenters. The molecule has 0 radical (unpaired) electrons. The molecule has 138 valence electrons. The van der Waals surface area contributed by atoms with Gasteiger partial charge in [-0.25, -0.2) is 0 Å². The molecule has 25 heavy (non-hydrogen) atoms. The van der Waals surface area contributed by atoms with E-state index in [0.717, 1.165) is 18.4 Å². The summed E-state index contributed by atoms with van der Waals surface area (Å²) in [5.41, 5.74) is -0.173. The third kappa shape index (κ3) is 4.62. The summed E-state index contributed by atoms with van der Waals surface area (Å²) in [5, 5.41) is 0. The standard InChI is InChI=1S/C21H31NO3/c1-6-7-13-21(19(24)25-20(3,4)5)14-18(23)22(15-21)16(2)17-11-9-8-10-12-17/h8-12,16H,6-7,13-15H2,1-5H3/t16-,21+/m1/s1. The Labute approximate surface area is 151 Å². The van der Waals surface area contributed by atoms with E-state index in [1.165, 1.54) is 0 Å². The van der Waals surface area contributed by atoms with Crippen molar-refractivity contribution in [3.8, 4) is 0 Å². The van der Waals surface area contributed by atoms with Gasteiger partial charge in [-0.3, -0.25) is 9.59 Å². The number of nitrogens with zero attached hydrogens (tertiary/aromatic N) is 1. The van der Waals surface area contributed by atoms with E-state index in [0.29, 0.717) is 13.0 Å². The monoisotopic (exact) mass is 345 g/mol. The number of rotatable bonds is 6. The molecule has 4 heteroatoms. The minimum Gasteiger partial charge on any atom is -0.459 e. The molecule has 1 fully saturated rings. The first-order chi connectivity index (χ1) is 11.7. The molecule has 0 bridgehead atoms. The highest BCUT2D eigenvalue weighted by Gasteiger charge is 2.51. The lowest BCUT2D eigenvalue weighted by Gasteiger charge is -2.32. The molecular weight excluding hydrogens is 314 g/mol. The van der Waals surface area contributed by atoms with Crippen LogP contribution in [0.25, 0.3) is 0 Å². The zero-order valence-electron chi connectivity index (χ0n) is 16.2. The van der Waals surface area contributed by atoms with Gasteiger partial charge >= 0.3 is 5.97 Å². The van der Waals surface area contributed by atoms with Crippen molar-refractivity contribution in [3.05, 3.63) is 35.9 Å². The van der Waals surface area contributed by atoms with E-state index in [4.69, 9.17) is 4.74 Å². The summed E-state index contributed by atoms with van der Waals surface area (Å²) >= 11 is 0. The van der Waals surface area contributed by atoms with Gasteiger partial charge in [0.05, 0.1) is 11.5 Å². The molecule has 0 saturated carbocycles. The number of hydrogen-bond acceptors (Lipinski definition) is 3. The van der Waals surface area contributed by atoms with Gasteiger partial charge in [-0.05, 0) is 39.7 Å². The Morgan fingerprint density at radius 2 is 1.92 bits per heavy atom. The molecular formula is C21H31NO3. The first kappa shape index (κ1) is 19.5. The molecule has 1 heterocycles. The second kappa shape index (κ2) is 7.59. The fraction of sp³-hybridized carbons (Fsp3) is 0.619. The van der Waals surface area contributed by atoms with E-state index < -0.39 is 11.0 Å². The molecule has 1 saturated heterocycles. The van der Waals surface area contributed by atoms with Crippen LogP contribution in [0.3, 0.4) is 0 Å². The summed E-state index contributed by atoms with van der Waals surface area (Å²) in [6.07, 6.45) is 2.86. The Bertz CT molecular complexity index is 605. The zero-order valence-corrected chi connectivity index (χ0v) is 16.2. The highest BCUT2D eigenvalue weighted by atomic mass is 16.6. The van der Waals surface area contributed by atoms with Crippen LogP contribution in [0, 0.1) is 5.41 Å². The van der Waals surface area contributed by atoms with E-state index in [1.807, 2.05) is 62.9 Å². The van der Waals surface area contributed by atoms with Gasteiger partial charge in [-0.15, -0.1) is 0 Å². The number of ether oxygens (including phenoxy) is 1. The predicted octanol–water partition coefficient (Wildman–Crippen LogP) is 4.50. The van der Waals surface area contributed by atoms with E-state index in [2.05, 4.69) is 6.92 Å². The Balaban J connectivity index is 2.24. The van der Waals surface area contributed by atoms with Gasteiger partial charge in [0.1, 0.15) is 5.60 Å². The molecule has 1 amide bonds. The Hall–Kier alpha value is -1.84. The van der Waals surface area contributed by atoms with Gasteiger partial charge in [0.25, 0.3) is 0 Å². The van der Waals surface area contributed by atoms with Crippen LogP contribution in [0.15, 0.2) is 30.3 Å². The maximum atomic E-state index is 12.9. The van der Waals surface area contributed by atoms with Gasteiger partial charge in [0.2, 0.25) is 5.91 Å². The number of unbranched alkanes of at least 4 members (excludes halogenated alkanes) is 1. The number of amides is 1. The topological polar surface area (TPSA) is 46.6 Å².